The Hall–Kier alpha value is -2.16. The van der Waals surface area contributed by atoms with Crippen LogP contribution < -0.4 is 4.74 Å². The highest BCUT2D eigenvalue weighted by Gasteiger charge is 2.22. The van der Waals surface area contributed by atoms with Gasteiger partial charge in [-0.1, -0.05) is 56.7 Å². The zero-order valence-corrected chi connectivity index (χ0v) is 16.0. The molecule has 2 aromatic rings. The largest absolute Gasteiger partial charge is 0.486 e. The predicted octanol–water partition coefficient (Wildman–Crippen LogP) is 7.27. The molecule has 1 fully saturated rings. The molecule has 0 aromatic heterocycles. The average Bonchev–Trinajstić information content (AvgIpc) is 2.70. The molecule has 0 unspecified atom stereocenters. The fourth-order valence-electron chi connectivity index (χ4n) is 4.14. The number of benzene rings is 2. The van der Waals surface area contributed by atoms with Crippen LogP contribution in [0.5, 0.6) is 5.75 Å². The summed E-state index contributed by atoms with van der Waals surface area (Å²) in [5.41, 5.74) is 2.25. The number of rotatable bonds is 7. The molecule has 0 N–H and O–H groups in total. The van der Waals surface area contributed by atoms with Crippen LogP contribution in [0.25, 0.3) is 11.1 Å². The number of halogens is 2. The van der Waals surface area contributed by atoms with Crippen molar-refractivity contribution >= 4 is 0 Å². The van der Waals surface area contributed by atoms with Crippen LogP contribution >= 0.6 is 0 Å². The summed E-state index contributed by atoms with van der Waals surface area (Å²) in [7, 11) is 0. The van der Waals surface area contributed by atoms with Gasteiger partial charge in [0, 0.05) is 5.56 Å². The summed E-state index contributed by atoms with van der Waals surface area (Å²) in [4.78, 5) is 0. The van der Waals surface area contributed by atoms with Crippen molar-refractivity contribution < 1.29 is 13.5 Å². The molecule has 3 rings (SSSR count). The molecule has 1 saturated carbocycles. The molecular weight excluding hydrogens is 342 g/mol. The zero-order chi connectivity index (χ0) is 19.2. The Morgan fingerprint density at radius 1 is 1.00 bits per heavy atom. The topological polar surface area (TPSA) is 9.23 Å². The Morgan fingerprint density at radius 3 is 2.33 bits per heavy atom. The summed E-state index contributed by atoms with van der Waals surface area (Å²) < 4.78 is 33.8. The van der Waals surface area contributed by atoms with Gasteiger partial charge in [0.05, 0.1) is 0 Å². The van der Waals surface area contributed by atoms with Crippen LogP contribution in [0, 0.1) is 17.6 Å². The van der Waals surface area contributed by atoms with Crippen LogP contribution in [0.2, 0.25) is 0 Å². The molecule has 1 aliphatic rings. The molecule has 0 bridgehead atoms. The molecule has 0 heterocycles. The summed E-state index contributed by atoms with van der Waals surface area (Å²) in [5, 5.41) is 0. The van der Waals surface area contributed by atoms with Gasteiger partial charge in [-0.3, -0.25) is 0 Å². The molecule has 0 spiro atoms. The van der Waals surface area contributed by atoms with Crippen LogP contribution in [0.1, 0.15) is 56.9 Å². The van der Waals surface area contributed by atoms with Crippen molar-refractivity contribution in [2.75, 3.05) is 6.61 Å². The third-order valence-electron chi connectivity index (χ3n) is 5.64. The second kappa shape index (κ2) is 9.16. The second-order valence-corrected chi connectivity index (χ2v) is 7.47. The van der Waals surface area contributed by atoms with Gasteiger partial charge in [0.15, 0.2) is 11.6 Å². The van der Waals surface area contributed by atoms with Crippen molar-refractivity contribution in [1.29, 1.82) is 0 Å². The normalized spacial score (nSPS) is 19.7. The van der Waals surface area contributed by atoms with E-state index in [9.17, 15) is 8.78 Å². The average molecular weight is 370 g/mol. The van der Waals surface area contributed by atoms with Crippen molar-refractivity contribution in [2.45, 2.75) is 51.4 Å². The minimum atomic E-state index is -0.951. The molecule has 0 aliphatic heterocycles. The van der Waals surface area contributed by atoms with E-state index in [1.165, 1.54) is 56.2 Å². The van der Waals surface area contributed by atoms with Crippen molar-refractivity contribution in [2.24, 2.45) is 5.92 Å². The molecule has 1 aliphatic carbocycles. The smallest absolute Gasteiger partial charge is 0.201 e. The summed E-state index contributed by atoms with van der Waals surface area (Å²) in [5.74, 6) is -0.443. The standard InChI is InChI=1S/C24H28F2O/c1-3-5-17-6-8-18(9-7-17)19-10-12-20(13-11-19)21-14-15-22(27-16-4-2)24(26)23(21)25/h4,10-15,17-18H,2-3,5-9,16H2,1H3. The van der Waals surface area contributed by atoms with E-state index in [0.29, 0.717) is 11.5 Å². The van der Waals surface area contributed by atoms with E-state index in [1.54, 1.807) is 6.07 Å². The van der Waals surface area contributed by atoms with Gasteiger partial charge in [0.1, 0.15) is 6.61 Å². The predicted molar refractivity (Wildman–Crippen MR) is 107 cm³/mol. The monoisotopic (exact) mass is 370 g/mol. The summed E-state index contributed by atoms with van der Waals surface area (Å²) in [6, 6.07) is 11.0. The molecule has 1 nitrogen and oxygen atoms in total. The van der Waals surface area contributed by atoms with Crippen LogP contribution in [-0.4, -0.2) is 6.61 Å². The third kappa shape index (κ3) is 4.58. The van der Waals surface area contributed by atoms with Gasteiger partial charge in [0.25, 0.3) is 0 Å². The van der Waals surface area contributed by atoms with Gasteiger partial charge in [0.2, 0.25) is 5.82 Å². The maximum absolute atomic E-state index is 14.5. The Kier molecular flexibility index (Phi) is 6.65. The Bertz CT molecular complexity index is 759. The fraction of sp³-hybridized carbons (Fsp3) is 0.417. The van der Waals surface area contributed by atoms with Gasteiger partial charge in [-0.2, -0.15) is 4.39 Å². The minimum absolute atomic E-state index is 0.0865. The quantitative estimate of drug-likeness (QED) is 0.466. The molecule has 0 atom stereocenters. The Morgan fingerprint density at radius 2 is 1.70 bits per heavy atom. The first-order chi connectivity index (χ1) is 13.1. The first-order valence-corrected chi connectivity index (χ1v) is 9.96. The van der Waals surface area contributed by atoms with E-state index < -0.39 is 11.6 Å². The Balaban J connectivity index is 1.72. The van der Waals surface area contributed by atoms with Crippen molar-refractivity contribution in [1.82, 2.24) is 0 Å². The van der Waals surface area contributed by atoms with E-state index in [1.807, 2.05) is 12.1 Å². The van der Waals surface area contributed by atoms with E-state index in [-0.39, 0.29) is 17.9 Å². The van der Waals surface area contributed by atoms with E-state index >= 15 is 0 Å². The van der Waals surface area contributed by atoms with Crippen LogP contribution in [-0.2, 0) is 0 Å². The molecule has 2 aromatic carbocycles. The van der Waals surface area contributed by atoms with Gasteiger partial charge >= 0.3 is 0 Å². The van der Waals surface area contributed by atoms with Crippen LogP contribution in [0.3, 0.4) is 0 Å². The zero-order valence-electron chi connectivity index (χ0n) is 16.0. The van der Waals surface area contributed by atoms with Crippen molar-refractivity contribution in [3.63, 3.8) is 0 Å². The van der Waals surface area contributed by atoms with Crippen LogP contribution in [0.4, 0.5) is 8.78 Å². The summed E-state index contributed by atoms with van der Waals surface area (Å²) in [6.45, 7) is 5.91. The Labute approximate surface area is 161 Å². The molecule has 0 saturated heterocycles. The van der Waals surface area contributed by atoms with Crippen molar-refractivity contribution in [3.8, 4) is 16.9 Å². The minimum Gasteiger partial charge on any atom is -0.486 e. The van der Waals surface area contributed by atoms with E-state index in [4.69, 9.17) is 4.74 Å². The second-order valence-electron chi connectivity index (χ2n) is 7.47. The lowest BCUT2D eigenvalue weighted by atomic mass is 9.77. The summed E-state index contributed by atoms with van der Waals surface area (Å²) in [6.07, 6.45) is 9.15. The molecule has 144 valence electrons. The van der Waals surface area contributed by atoms with Crippen molar-refractivity contribution in [3.05, 3.63) is 66.3 Å². The molecular formula is C24H28F2O. The maximum atomic E-state index is 14.5. The highest BCUT2D eigenvalue weighted by Crippen LogP contribution is 2.38. The number of hydrogen-bond donors (Lipinski definition) is 0. The lowest BCUT2D eigenvalue weighted by molar-refractivity contribution is 0.308. The summed E-state index contributed by atoms with van der Waals surface area (Å²) >= 11 is 0. The highest BCUT2D eigenvalue weighted by molar-refractivity contribution is 5.65. The van der Waals surface area contributed by atoms with Gasteiger partial charge in [-0.15, -0.1) is 0 Å². The third-order valence-corrected chi connectivity index (χ3v) is 5.64. The van der Waals surface area contributed by atoms with E-state index in [0.717, 1.165) is 5.92 Å². The van der Waals surface area contributed by atoms with Gasteiger partial charge in [-0.05, 0) is 60.8 Å². The lowest BCUT2D eigenvalue weighted by Crippen LogP contribution is -2.13. The molecule has 0 radical (unpaired) electrons. The van der Waals surface area contributed by atoms with E-state index in [2.05, 4.69) is 25.6 Å². The maximum Gasteiger partial charge on any atom is 0.201 e. The first kappa shape index (κ1) is 19.6. The van der Waals surface area contributed by atoms with Gasteiger partial charge < -0.3 is 4.74 Å². The number of hydrogen-bond acceptors (Lipinski definition) is 1. The highest BCUT2D eigenvalue weighted by atomic mass is 19.2. The number of ether oxygens (including phenoxy) is 1. The first-order valence-electron chi connectivity index (χ1n) is 9.96. The van der Waals surface area contributed by atoms with Gasteiger partial charge in [-0.25, -0.2) is 4.39 Å². The fourth-order valence-corrected chi connectivity index (χ4v) is 4.14. The lowest BCUT2D eigenvalue weighted by Gasteiger charge is -2.28. The van der Waals surface area contributed by atoms with Crippen LogP contribution in [0.15, 0.2) is 49.1 Å². The molecule has 0 amide bonds. The SMILES string of the molecule is C=CCOc1ccc(-c2ccc(C3CCC(CCC)CC3)cc2)c(F)c1F. The molecule has 3 heteroatoms. The molecule has 27 heavy (non-hydrogen) atoms.